The molecule has 0 atom stereocenters. The molecule has 1 nitrogen and oxygen atoms in total. The van der Waals surface area contributed by atoms with Crippen molar-refractivity contribution in [1.29, 1.82) is 0 Å². The smallest absolute Gasteiger partial charge is 0.312 e. The molecule has 0 spiro atoms. The molecule has 0 aliphatic rings. The molecule has 2 rings (SSSR count). The molecule has 0 N–H and O–H groups in total. The summed E-state index contributed by atoms with van der Waals surface area (Å²) >= 11 is 0. The normalized spacial score (nSPS) is 11.8. The highest BCUT2D eigenvalue weighted by molar-refractivity contribution is 5.91. The van der Waals surface area contributed by atoms with Crippen molar-refractivity contribution in [2.75, 3.05) is 0 Å². The van der Waals surface area contributed by atoms with Gasteiger partial charge in [0.05, 0.1) is 5.56 Å². The molecule has 0 saturated carbocycles. The highest BCUT2D eigenvalue weighted by Gasteiger charge is 2.42. The van der Waals surface area contributed by atoms with E-state index < -0.39 is 69.5 Å². The molecular formula is C13H2F9N. The minimum absolute atomic E-state index is 1.21. The van der Waals surface area contributed by atoms with Gasteiger partial charge in [-0.15, -0.1) is 0 Å². The number of alkyl halides is 3. The van der Waals surface area contributed by atoms with E-state index in [0.29, 0.717) is 0 Å². The predicted molar refractivity (Wildman–Crippen MR) is 59.0 cm³/mol. The first-order valence-electron chi connectivity index (χ1n) is 5.59. The summed E-state index contributed by atoms with van der Waals surface area (Å²) in [6.45, 7) is 5.30. The molecule has 0 aromatic heterocycles. The molecule has 122 valence electrons. The second kappa shape index (κ2) is 5.33. The van der Waals surface area contributed by atoms with E-state index >= 15 is 0 Å². The molecule has 0 saturated heterocycles. The minimum atomic E-state index is -5.72. The maximum absolute atomic E-state index is 13.8. The Balaban J connectivity index is 3.27. The monoisotopic (exact) mass is 343 g/mol. The summed E-state index contributed by atoms with van der Waals surface area (Å²) in [5.74, 6) is -14.9. The van der Waals surface area contributed by atoms with E-state index in [1.807, 2.05) is 0 Å². The van der Waals surface area contributed by atoms with Crippen LogP contribution in [0, 0.1) is 41.5 Å². The van der Waals surface area contributed by atoms with Crippen molar-refractivity contribution in [3.8, 4) is 0 Å². The molecule has 0 radical (unpaired) electrons. The van der Waals surface area contributed by atoms with Crippen LogP contribution in [-0.2, 0) is 12.7 Å². The molecule has 0 amide bonds. The summed E-state index contributed by atoms with van der Waals surface area (Å²) < 4.78 is 120. The van der Waals surface area contributed by atoms with E-state index in [9.17, 15) is 39.5 Å². The van der Waals surface area contributed by atoms with Gasteiger partial charge in [-0.1, -0.05) is 0 Å². The van der Waals surface area contributed by atoms with Crippen LogP contribution in [0.15, 0.2) is 0 Å². The van der Waals surface area contributed by atoms with E-state index in [2.05, 4.69) is 4.85 Å². The van der Waals surface area contributed by atoms with Gasteiger partial charge < -0.3 is 4.85 Å². The van der Waals surface area contributed by atoms with E-state index in [1.165, 1.54) is 0 Å². The highest BCUT2D eigenvalue weighted by Crippen LogP contribution is 2.42. The van der Waals surface area contributed by atoms with E-state index in [0.717, 1.165) is 0 Å². The molecule has 2 aromatic rings. The lowest BCUT2D eigenvalue weighted by Crippen LogP contribution is -2.15. The van der Waals surface area contributed by atoms with Crippen LogP contribution < -0.4 is 0 Å². The Morgan fingerprint density at radius 2 is 1.17 bits per heavy atom. The molecule has 2 aromatic carbocycles. The first-order chi connectivity index (χ1) is 10.5. The fourth-order valence-electron chi connectivity index (χ4n) is 2.11. The molecule has 10 heteroatoms. The average Bonchev–Trinajstić information content (AvgIpc) is 2.46. The Morgan fingerprint density at radius 1 is 0.696 bits per heavy atom. The van der Waals surface area contributed by atoms with Crippen LogP contribution in [0.25, 0.3) is 15.6 Å². The zero-order chi connectivity index (χ0) is 17.7. The molecule has 0 unspecified atom stereocenters. The molecule has 0 aliphatic heterocycles. The lowest BCUT2D eigenvalue weighted by atomic mass is 9.96. The van der Waals surface area contributed by atoms with Gasteiger partial charge >= 0.3 is 6.18 Å². The van der Waals surface area contributed by atoms with Gasteiger partial charge in [-0.3, -0.25) is 0 Å². The zero-order valence-electron chi connectivity index (χ0n) is 10.6. The number of halogens is 9. The van der Waals surface area contributed by atoms with Gasteiger partial charge in [0.15, 0.2) is 34.9 Å². The topological polar surface area (TPSA) is 4.36 Å². The van der Waals surface area contributed by atoms with Crippen molar-refractivity contribution in [3.63, 3.8) is 0 Å². The Kier molecular flexibility index (Phi) is 3.92. The van der Waals surface area contributed by atoms with E-state index in [-0.39, 0.29) is 0 Å². The quantitative estimate of drug-likeness (QED) is 0.293. The second-order valence-corrected chi connectivity index (χ2v) is 4.30. The molecule has 0 bridgehead atoms. The lowest BCUT2D eigenvalue weighted by Gasteiger charge is -2.16. The number of nitrogens with zero attached hydrogens (tertiary/aromatic N) is 1. The SMILES string of the molecule is [C-]#[N+]Cc1c(F)c(F)c(C(F)(F)F)c2c(F)c(F)c(F)c(F)c12. The Hall–Kier alpha value is -2.44. The van der Waals surface area contributed by atoms with Crippen LogP contribution >= 0.6 is 0 Å². The minimum Gasteiger partial charge on any atom is -0.312 e. The van der Waals surface area contributed by atoms with Crippen LogP contribution in [0.4, 0.5) is 39.5 Å². The Bertz CT molecular complexity index is 861. The van der Waals surface area contributed by atoms with Gasteiger partial charge in [0, 0.05) is 10.8 Å². The van der Waals surface area contributed by atoms with Gasteiger partial charge in [0.2, 0.25) is 6.54 Å². The Labute approximate surface area is 121 Å². The molecule has 0 heterocycles. The lowest BCUT2D eigenvalue weighted by molar-refractivity contribution is -0.139. The summed E-state index contributed by atoms with van der Waals surface area (Å²) in [5, 5.41) is -3.67. The third-order valence-corrected chi connectivity index (χ3v) is 3.02. The molecule has 23 heavy (non-hydrogen) atoms. The average molecular weight is 343 g/mol. The summed E-state index contributed by atoms with van der Waals surface area (Å²) in [6.07, 6.45) is -5.72. The van der Waals surface area contributed by atoms with Crippen molar-refractivity contribution in [1.82, 2.24) is 0 Å². The molecule has 0 aliphatic carbocycles. The van der Waals surface area contributed by atoms with Crippen LogP contribution in [0.2, 0.25) is 0 Å². The van der Waals surface area contributed by atoms with Gasteiger partial charge in [0.25, 0.3) is 0 Å². The fourth-order valence-corrected chi connectivity index (χ4v) is 2.11. The van der Waals surface area contributed by atoms with Crippen LogP contribution in [0.1, 0.15) is 11.1 Å². The van der Waals surface area contributed by atoms with E-state index in [4.69, 9.17) is 6.57 Å². The zero-order valence-corrected chi connectivity index (χ0v) is 10.6. The van der Waals surface area contributed by atoms with Crippen LogP contribution in [-0.4, -0.2) is 0 Å². The molecular weight excluding hydrogens is 341 g/mol. The van der Waals surface area contributed by atoms with Gasteiger partial charge in [-0.2, -0.15) is 13.2 Å². The standard InChI is InChI=1S/C13H2F9N/c1-23-2-3-4-5(9(16)12(19)11(18)8(4)15)6(13(20,21)22)10(17)7(3)14/h2H2. The number of fused-ring (bicyclic) bond motifs is 1. The van der Waals surface area contributed by atoms with Crippen molar-refractivity contribution in [3.05, 3.63) is 57.4 Å². The maximum atomic E-state index is 13.8. The van der Waals surface area contributed by atoms with Crippen molar-refractivity contribution >= 4 is 10.8 Å². The van der Waals surface area contributed by atoms with Gasteiger partial charge in [-0.25, -0.2) is 32.9 Å². The first kappa shape index (κ1) is 16.9. The van der Waals surface area contributed by atoms with Gasteiger partial charge in [-0.05, 0) is 0 Å². The summed E-state index contributed by atoms with van der Waals surface area (Å²) in [4.78, 5) is 2.53. The van der Waals surface area contributed by atoms with Crippen LogP contribution in [0.5, 0.6) is 0 Å². The molecule has 0 fully saturated rings. The first-order valence-corrected chi connectivity index (χ1v) is 5.59. The number of hydrogen-bond acceptors (Lipinski definition) is 0. The summed E-state index contributed by atoms with van der Waals surface area (Å²) in [5.41, 5.74) is -3.95. The van der Waals surface area contributed by atoms with Gasteiger partial charge in [0.1, 0.15) is 5.56 Å². The predicted octanol–water partition coefficient (Wildman–Crippen LogP) is 5.11. The van der Waals surface area contributed by atoms with Crippen molar-refractivity contribution in [2.45, 2.75) is 12.7 Å². The number of benzene rings is 2. The highest BCUT2D eigenvalue weighted by atomic mass is 19.4. The largest absolute Gasteiger partial charge is 0.420 e. The third kappa shape index (κ3) is 2.36. The third-order valence-electron chi connectivity index (χ3n) is 3.02. The second-order valence-electron chi connectivity index (χ2n) is 4.30. The number of rotatable bonds is 1. The number of hydrogen-bond donors (Lipinski definition) is 0. The van der Waals surface area contributed by atoms with Crippen LogP contribution in [0.3, 0.4) is 0 Å². The van der Waals surface area contributed by atoms with Crippen molar-refractivity contribution in [2.24, 2.45) is 0 Å². The maximum Gasteiger partial charge on any atom is 0.420 e. The summed E-state index contributed by atoms with van der Waals surface area (Å²) in [6, 6.07) is 0. The Morgan fingerprint density at radius 3 is 1.61 bits per heavy atom. The van der Waals surface area contributed by atoms with Crippen molar-refractivity contribution < 1.29 is 39.5 Å². The fraction of sp³-hybridized carbons (Fsp3) is 0.154. The van der Waals surface area contributed by atoms with E-state index in [1.54, 1.807) is 0 Å². The summed E-state index contributed by atoms with van der Waals surface area (Å²) in [7, 11) is 0.